The Bertz CT molecular complexity index is 679. The summed E-state index contributed by atoms with van der Waals surface area (Å²) in [4.78, 5) is 12.1. The molecule has 0 fully saturated rings. The van der Waals surface area contributed by atoms with Gasteiger partial charge in [0.05, 0.1) is 6.17 Å². The minimum atomic E-state index is -3.49. The van der Waals surface area contributed by atoms with Gasteiger partial charge in [0, 0.05) is 18.3 Å². The van der Waals surface area contributed by atoms with Crippen LogP contribution in [0, 0.1) is 29.1 Å². The van der Waals surface area contributed by atoms with E-state index in [1.54, 1.807) is 46.9 Å². The largest absolute Gasteiger partial charge is 0.521 e. The Kier molecular flexibility index (Phi) is 9.00. The summed E-state index contributed by atoms with van der Waals surface area (Å²) in [6.07, 6.45) is -1.31. The number of benzene rings is 1. The van der Waals surface area contributed by atoms with E-state index in [0.717, 1.165) is 0 Å². The number of rotatable bonds is 9. The van der Waals surface area contributed by atoms with Gasteiger partial charge in [-0.25, -0.2) is 26.7 Å². The van der Waals surface area contributed by atoms with Gasteiger partial charge in [-0.3, -0.25) is 0 Å². The first-order valence-electron chi connectivity index (χ1n) is 8.89. The van der Waals surface area contributed by atoms with Crippen molar-refractivity contribution in [3.63, 3.8) is 0 Å². The monoisotopic (exact) mass is 444 g/mol. The molecule has 1 aromatic carbocycles. The molecule has 0 radical (unpaired) electrons. The van der Waals surface area contributed by atoms with Gasteiger partial charge < -0.3 is 23.9 Å². The van der Waals surface area contributed by atoms with Gasteiger partial charge in [-0.15, -0.1) is 0 Å². The van der Waals surface area contributed by atoms with Crippen LogP contribution in [0.25, 0.3) is 0 Å². The maximum Gasteiger partial charge on any atom is 0.521 e. The lowest BCUT2D eigenvalue weighted by Crippen LogP contribution is -2.59. The van der Waals surface area contributed by atoms with Crippen molar-refractivity contribution in [2.75, 3.05) is 11.5 Å². The summed E-state index contributed by atoms with van der Waals surface area (Å²) in [7, 11) is -3.49. The van der Waals surface area contributed by atoms with Crippen LogP contribution >= 0.6 is 0 Å². The standard InChI is InChI=1S/C17H25F5N2O4Si/c1-8(2)26-29(27-9(3)4,28-10(5)6)7-23-17(25)24-16-14(21)12(19)11(18)13(20)15(16)22/h8-10H,7H2,1-6H3,(H2,23,24,25). The van der Waals surface area contributed by atoms with Crippen LogP contribution in [0.3, 0.4) is 0 Å². The Morgan fingerprint density at radius 2 is 1.10 bits per heavy atom. The summed E-state index contributed by atoms with van der Waals surface area (Å²) in [5.41, 5.74) is -1.47. The number of hydrogen-bond acceptors (Lipinski definition) is 4. The van der Waals surface area contributed by atoms with Gasteiger partial charge in [-0.05, 0) is 41.5 Å². The number of urea groups is 1. The topological polar surface area (TPSA) is 68.8 Å². The summed E-state index contributed by atoms with van der Waals surface area (Å²) in [5.74, 6) is -11.0. The van der Waals surface area contributed by atoms with Crippen molar-refractivity contribution in [2.24, 2.45) is 0 Å². The lowest BCUT2D eigenvalue weighted by Gasteiger charge is -2.34. The molecule has 12 heteroatoms. The lowest BCUT2D eigenvalue weighted by atomic mass is 10.2. The number of carbonyl (C=O) groups excluding carboxylic acids is 1. The van der Waals surface area contributed by atoms with E-state index in [9.17, 15) is 26.7 Å². The van der Waals surface area contributed by atoms with E-state index in [0.29, 0.717) is 0 Å². The molecule has 6 nitrogen and oxygen atoms in total. The SMILES string of the molecule is CC(C)O[Si](CNC(=O)Nc1c(F)c(F)c(F)c(F)c1F)(OC(C)C)OC(C)C. The predicted molar refractivity (Wildman–Crippen MR) is 97.7 cm³/mol. The predicted octanol–water partition coefficient (Wildman–Crippen LogP) is 4.26. The van der Waals surface area contributed by atoms with E-state index >= 15 is 0 Å². The molecular formula is C17H25F5N2O4Si. The van der Waals surface area contributed by atoms with Crippen molar-refractivity contribution in [3.05, 3.63) is 29.1 Å². The first kappa shape index (κ1) is 25.3. The molecule has 0 aromatic heterocycles. The highest BCUT2D eigenvalue weighted by atomic mass is 28.4. The van der Waals surface area contributed by atoms with Crippen LogP contribution in [0.1, 0.15) is 41.5 Å². The molecule has 0 aliphatic rings. The van der Waals surface area contributed by atoms with Crippen molar-refractivity contribution >= 4 is 20.5 Å². The van der Waals surface area contributed by atoms with Gasteiger partial charge in [0.25, 0.3) is 0 Å². The first-order chi connectivity index (χ1) is 13.3. The molecule has 0 bridgehead atoms. The Hall–Kier alpha value is -1.76. The summed E-state index contributed by atoms with van der Waals surface area (Å²) in [6, 6.07) is -1.22. The minimum absolute atomic E-state index is 0.303. The van der Waals surface area contributed by atoms with Crippen molar-refractivity contribution in [3.8, 4) is 0 Å². The number of carbonyl (C=O) groups is 1. The molecule has 2 N–H and O–H groups in total. The second-order valence-electron chi connectivity index (χ2n) is 6.94. The first-order valence-corrected chi connectivity index (χ1v) is 10.8. The molecule has 0 unspecified atom stereocenters. The fraction of sp³-hybridized carbons (Fsp3) is 0.588. The third-order valence-electron chi connectivity index (χ3n) is 3.16. The number of anilines is 1. The Labute approximate surface area is 167 Å². The van der Waals surface area contributed by atoms with Crippen LogP contribution in [-0.4, -0.2) is 39.3 Å². The van der Waals surface area contributed by atoms with E-state index in [1.807, 2.05) is 0 Å². The second kappa shape index (κ2) is 10.3. The van der Waals surface area contributed by atoms with Crippen molar-refractivity contribution in [2.45, 2.75) is 59.9 Å². The number of hydrogen-bond donors (Lipinski definition) is 2. The Balaban J connectivity index is 3.04. The molecule has 0 saturated carbocycles. The maximum absolute atomic E-state index is 13.7. The normalized spacial score (nSPS) is 12.2. The van der Waals surface area contributed by atoms with Crippen LogP contribution in [0.15, 0.2) is 0 Å². The Morgan fingerprint density at radius 3 is 1.45 bits per heavy atom. The van der Waals surface area contributed by atoms with E-state index < -0.39 is 49.6 Å². The van der Waals surface area contributed by atoms with Crippen molar-refractivity contribution in [1.29, 1.82) is 0 Å². The van der Waals surface area contributed by atoms with Crippen LogP contribution < -0.4 is 10.6 Å². The van der Waals surface area contributed by atoms with Crippen LogP contribution in [0.4, 0.5) is 32.4 Å². The van der Waals surface area contributed by atoms with Crippen LogP contribution in [0.5, 0.6) is 0 Å². The molecule has 0 heterocycles. The fourth-order valence-corrected chi connectivity index (χ4v) is 5.30. The molecule has 0 atom stereocenters. The van der Waals surface area contributed by atoms with Gasteiger partial charge in [-0.2, -0.15) is 0 Å². The highest BCUT2D eigenvalue weighted by molar-refractivity contribution is 6.61. The molecule has 0 aliphatic carbocycles. The van der Waals surface area contributed by atoms with Crippen LogP contribution in [-0.2, 0) is 13.3 Å². The van der Waals surface area contributed by atoms with E-state index in [-0.39, 0.29) is 24.5 Å². The number of nitrogens with one attached hydrogen (secondary N) is 2. The molecule has 29 heavy (non-hydrogen) atoms. The molecule has 166 valence electrons. The van der Waals surface area contributed by atoms with Crippen molar-refractivity contribution in [1.82, 2.24) is 5.32 Å². The molecule has 1 rings (SSSR count). The zero-order chi connectivity index (χ0) is 22.5. The number of halogens is 5. The number of amides is 2. The van der Waals surface area contributed by atoms with Gasteiger partial charge in [0.2, 0.25) is 5.82 Å². The molecule has 0 aliphatic heterocycles. The molecular weight excluding hydrogens is 419 g/mol. The van der Waals surface area contributed by atoms with E-state index in [1.165, 1.54) is 0 Å². The average molecular weight is 444 g/mol. The Morgan fingerprint density at radius 1 is 0.759 bits per heavy atom. The zero-order valence-electron chi connectivity index (χ0n) is 17.0. The smallest absolute Gasteiger partial charge is 0.370 e. The van der Waals surface area contributed by atoms with Gasteiger partial charge in [0.1, 0.15) is 5.69 Å². The summed E-state index contributed by atoms with van der Waals surface area (Å²) in [5, 5.41) is 3.89. The molecule has 0 spiro atoms. The van der Waals surface area contributed by atoms with Gasteiger partial charge in [-0.1, -0.05) is 0 Å². The quantitative estimate of drug-likeness (QED) is 0.259. The maximum atomic E-state index is 13.7. The summed E-state index contributed by atoms with van der Waals surface area (Å²) >= 11 is 0. The fourth-order valence-electron chi connectivity index (χ4n) is 2.35. The van der Waals surface area contributed by atoms with Gasteiger partial charge >= 0.3 is 14.8 Å². The van der Waals surface area contributed by atoms with Crippen LogP contribution in [0.2, 0.25) is 0 Å². The second-order valence-corrected chi connectivity index (χ2v) is 9.36. The molecule has 0 saturated heterocycles. The molecule has 2 amide bonds. The lowest BCUT2D eigenvalue weighted by molar-refractivity contribution is 0.00305. The van der Waals surface area contributed by atoms with Gasteiger partial charge in [0.15, 0.2) is 23.3 Å². The third-order valence-corrected chi connectivity index (χ3v) is 6.26. The highest BCUT2D eigenvalue weighted by Crippen LogP contribution is 2.27. The zero-order valence-corrected chi connectivity index (χ0v) is 18.0. The minimum Gasteiger partial charge on any atom is -0.370 e. The van der Waals surface area contributed by atoms with E-state index in [4.69, 9.17) is 13.3 Å². The highest BCUT2D eigenvalue weighted by Gasteiger charge is 2.45. The third kappa shape index (κ3) is 6.91. The summed E-state index contributed by atoms with van der Waals surface area (Å²) < 4.78 is 84.5. The molecule has 1 aromatic rings. The van der Waals surface area contributed by atoms with E-state index in [2.05, 4.69) is 5.32 Å². The average Bonchev–Trinajstić information content (AvgIpc) is 2.58. The summed E-state index contributed by atoms with van der Waals surface area (Å²) in [6.45, 7) is 10.4. The van der Waals surface area contributed by atoms with Crippen molar-refractivity contribution < 1.29 is 40.0 Å².